The average molecular weight is 1130 g/mol. The monoisotopic (exact) mass is 1130 g/mol. The van der Waals surface area contributed by atoms with Crippen molar-refractivity contribution in [1.82, 2.24) is 5.32 Å². The van der Waals surface area contributed by atoms with Crippen molar-refractivity contribution in [2.45, 2.75) is 384 Å². The number of amides is 1. The molecule has 9 heteroatoms. The maximum absolute atomic E-state index is 13.1. The van der Waals surface area contributed by atoms with Crippen LogP contribution in [0.25, 0.3) is 0 Å². The van der Waals surface area contributed by atoms with E-state index < -0.39 is 49.5 Å². The fraction of sp³-hybridized carbons (Fsp3) is 0.873. The van der Waals surface area contributed by atoms with Crippen molar-refractivity contribution in [2.24, 2.45) is 0 Å². The minimum atomic E-state index is -1.55. The molecule has 0 aromatic heterocycles. The summed E-state index contributed by atoms with van der Waals surface area (Å²) < 4.78 is 11.4. The first kappa shape index (κ1) is 76.2. The van der Waals surface area contributed by atoms with Crippen LogP contribution in [0.3, 0.4) is 0 Å². The zero-order valence-corrected chi connectivity index (χ0v) is 52.6. The molecule has 1 saturated heterocycles. The van der Waals surface area contributed by atoms with Gasteiger partial charge in [0.2, 0.25) is 5.91 Å². The van der Waals surface area contributed by atoms with Crippen LogP contribution in [-0.4, -0.2) is 87.5 Å². The van der Waals surface area contributed by atoms with Gasteiger partial charge in [-0.05, 0) is 51.4 Å². The number of hydrogen-bond donors (Lipinski definition) is 6. The zero-order chi connectivity index (χ0) is 57.9. The number of nitrogens with one attached hydrogen (secondary N) is 1. The van der Waals surface area contributed by atoms with Crippen LogP contribution < -0.4 is 5.32 Å². The fourth-order valence-electron chi connectivity index (χ4n) is 11.3. The Labute approximate surface area is 494 Å². The molecule has 6 N–H and O–H groups in total. The molecule has 0 aliphatic carbocycles. The predicted molar refractivity (Wildman–Crippen MR) is 341 cm³/mol. The number of aliphatic hydroxyl groups is 5. The maximum atomic E-state index is 13.1. The van der Waals surface area contributed by atoms with E-state index in [9.17, 15) is 30.3 Å². The number of carbonyl (C=O) groups excluding carboxylic acids is 1. The molecule has 0 aromatic rings. The lowest BCUT2D eigenvalue weighted by Crippen LogP contribution is -2.60. The van der Waals surface area contributed by atoms with Crippen LogP contribution >= 0.6 is 0 Å². The van der Waals surface area contributed by atoms with E-state index in [2.05, 4.69) is 67.8 Å². The predicted octanol–water partition coefficient (Wildman–Crippen LogP) is 18.8. The number of unbranched alkanes of at least 4 members (excludes halogenated alkanes) is 43. The Morgan fingerprint density at radius 2 is 0.775 bits per heavy atom. The summed E-state index contributed by atoms with van der Waals surface area (Å²) in [6, 6.07) is -0.719. The van der Waals surface area contributed by atoms with Crippen LogP contribution in [0.2, 0.25) is 0 Å². The number of rotatable bonds is 61. The molecule has 1 rings (SSSR count). The molecule has 1 fully saturated rings. The van der Waals surface area contributed by atoms with Crippen LogP contribution in [0.1, 0.15) is 341 Å². The first-order valence-corrected chi connectivity index (χ1v) is 34.8. The molecule has 0 radical (unpaired) electrons. The Hall–Kier alpha value is -1.85. The summed E-state index contributed by atoms with van der Waals surface area (Å²) in [7, 11) is 0. The van der Waals surface area contributed by atoms with Crippen LogP contribution in [0, 0.1) is 0 Å². The Morgan fingerprint density at radius 1 is 0.438 bits per heavy atom. The van der Waals surface area contributed by atoms with Crippen molar-refractivity contribution in [1.29, 1.82) is 0 Å². The van der Waals surface area contributed by atoms with Crippen molar-refractivity contribution < 1.29 is 39.8 Å². The second kappa shape index (κ2) is 60.3. The molecule has 7 atom stereocenters. The van der Waals surface area contributed by atoms with Gasteiger partial charge in [-0.1, -0.05) is 332 Å². The number of allylic oxidation sites excluding steroid dienone is 8. The Balaban J connectivity index is 2.08. The van der Waals surface area contributed by atoms with Crippen LogP contribution in [0.4, 0.5) is 0 Å². The first-order valence-electron chi connectivity index (χ1n) is 34.8. The molecule has 1 heterocycles. The molecule has 0 spiro atoms. The molecular weight excluding hydrogens is 995 g/mol. The number of aliphatic hydroxyl groups excluding tert-OH is 5. The fourth-order valence-corrected chi connectivity index (χ4v) is 11.3. The van der Waals surface area contributed by atoms with E-state index in [0.29, 0.717) is 12.8 Å². The topological polar surface area (TPSA) is 149 Å². The van der Waals surface area contributed by atoms with Gasteiger partial charge >= 0.3 is 0 Å². The number of ether oxygens (including phenoxy) is 2. The quantitative estimate of drug-likeness (QED) is 0.0261. The van der Waals surface area contributed by atoms with Crippen LogP contribution in [0.15, 0.2) is 48.6 Å². The van der Waals surface area contributed by atoms with E-state index in [0.717, 1.165) is 64.2 Å². The summed E-state index contributed by atoms with van der Waals surface area (Å²) in [4.78, 5) is 13.1. The largest absolute Gasteiger partial charge is 0.394 e. The minimum Gasteiger partial charge on any atom is -0.394 e. The third-order valence-electron chi connectivity index (χ3n) is 16.7. The van der Waals surface area contributed by atoms with E-state index in [1.807, 2.05) is 0 Å². The van der Waals surface area contributed by atoms with Gasteiger partial charge in [-0.3, -0.25) is 4.79 Å². The molecule has 0 aromatic carbocycles. The smallest absolute Gasteiger partial charge is 0.220 e. The van der Waals surface area contributed by atoms with E-state index >= 15 is 0 Å². The van der Waals surface area contributed by atoms with Crippen molar-refractivity contribution in [3.05, 3.63) is 48.6 Å². The average Bonchev–Trinajstić information content (AvgIpc) is 3.46. The third-order valence-corrected chi connectivity index (χ3v) is 16.7. The summed E-state index contributed by atoms with van der Waals surface area (Å²) in [5.74, 6) is -0.137. The SMILES string of the molecule is CC/C=C\C/C=C\C/C=C\C/C=C\CCCCCCCCCCCCCCCCCCCCCCCCC(=O)NC(COC1OC(CO)C(O)C(O)C1O)C(O)CCCCCCCCCCCCCCCCCCCCCCCC. The molecule has 0 saturated carbocycles. The molecule has 9 nitrogen and oxygen atoms in total. The van der Waals surface area contributed by atoms with E-state index in [-0.39, 0.29) is 12.5 Å². The molecule has 80 heavy (non-hydrogen) atoms. The highest BCUT2D eigenvalue weighted by molar-refractivity contribution is 5.76. The van der Waals surface area contributed by atoms with Gasteiger partial charge in [0, 0.05) is 6.42 Å². The Morgan fingerprint density at radius 3 is 1.15 bits per heavy atom. The lowest BCUT2D eigenvalue weighted by Gasteiger charge is -2.40. The summed E-state index contributed by atoms with van der Waals surface area (Å²) in [6.07, 6.45) is 74.6. The third kappa shape index (κ3) is 48.5. The Bertz CT molecular complexity index is 1400. The van der Waals surface area contributed by atoms with E-state index in [1.165, 1.54) is 250 Å². The molecule has 1 amide bonds. The van der Waals surface area contributed by atoms with Gasteiger partial charge in [0.15, 0.2) is 6.29 Å². The highest BCUT2D eigenvalue weighted by Gasteiger charge is 2.44. The van der Waals surface area contributed by atoms with Gasteiger partial charge in [0.05, 0.1) is 25.4 Å². The van der Waals surface area contributed by atoms with Gasteiger partial charge in [-0.25, -0.2) is 0 Å². The first-order chi connectivity index (χ1) is 39.3. The second-order valence-corrected chi connectivity index (χ2v) is 24.3. The van der Waals surface area contributed by atoms with Crippen molar-refractivity contribution in [3.63, 3.8) is 0 Å². The Kier molecular flexibility index (Phi) is 57.4. The second-order valence-electron chi connectivity index (χ2n) is 24.3. The molecule has 470 valence electrons. The lowest BCUT2D eigenvalue weighted by molar-refractivity contribution is -0.302. The molecule has 7 unspecified atom stereocenters. The van der Waals surface area contributed by atoms with Gasteiger partial charge in [0.25, 0.3) is 0 Å². The number of hydrogen-bond acceptors (Lipinski definition) is 8. The van der Waals surface area contributed by atoms with Crippen molar-refractivity contribution >= 4 is 5.91 Å². The van der Waals surface area contributed by atoms with E-state index in [4.69, 9.17) is 9.47 Å². The molecule has 0 bridgehead atoms. The number of carbonyl (C=O) groups is 1. The summed E-state index contributed by atoms with van der Waals surface area (Å²) in [6.45, 7) is 3.77. The standard InChI is InChI=1S/C71H133NO8/c1-3-5-7-9-11-13-15-17-19-21-23-25-27-28-29-30-31-32-33-34-35-36-37-38-39-41-43-45-47-49-51-53-55-57-59-61-67(75)72-64(63-79-71-70(78)69(77)68(76)66(62-73)80-71)65(74)60-58-56-54-52-50-48-46-44-42-40-26-24-22-20-18-16-14-12-10-8-6-4-2/h5,7,11,13,17,19,23,25,64-66,68-71,73-74,76-78H,3-4,6,8-10,12,14-16,18,20-22,24,26-63H2,1-2H3,(H,72,75)/b7-5-,13-11-,19-17-,25-23-. The summed E-state index contributed by atoms with van der Waals surface area (Å²) in [5, 5.41) is 54.9. The highest BCUT2D eigenvalue weighted by atomic mass is 16.7. The molecule has 1 aliphatic heterocycles. The van der Waals surface area contributed by atoms with Crippen LogP contribution in [0.5, 0.6) is 0 Å². The zero-order valence-electron chi connectivity index (χ0n) is 52.6. The van der Waals surface area contributed by atoms with Crippen LogP contribution in [-0.2, 0) is 14.3 Å². The summed E-state index contributed by atoms with van der Waals surface area (Å²) in [5.41, 5.74) is 0. The summed E-state index contributed by atoms with van der Waals surface area (Å²) >= 11 is 0. The van der Waals surface area contributed by atoms with E-state index in [1.54, 1.807) is 0 Å². The highest BCUT2D eigenvalue weighted by Crippen LogP contribution is 2.24. The van der Waals surface area contributed by atoms with Gasteiger partial charge < -0.3 is 40.3 Å². The van der Waals surface area contributed by atoms with Crippen molar-refractivity contribution in [3.8, 4) is 0 Å². The maximum Gasteiger partial charge on any atom is 0.220 e. The minimum absolute atomic E-state index is 0.134. The molecule has 1 aliphatic rings. The normalized spacial score (nSPS) is 18.7. The van der Waals surface area contributed by atoms with Gasteiger partial charge in [-0.2, -0.15) is 0 Å². The lowest BCUT2D eigenvalue weighted by atomic mass is 9.99. The van der Waals surface area contributed by atoms with Gasteiger partial charge in [0.1, 0.15) is 24.4 Å². The molecular formula is C71H133NO8. The van der Waals surface area contributed by atoms with Crippen molar-refractivity contribution in [2.75, 3.05) is 13.2 Å². The van der Waals surface area contributed by atoms with Gasteiger partial charge in [-0.15, -0.1) is 0 Å².